The predicted molar refractivity (Wildman–Crippen MR) is 52.1 cm³/mol. The largest absolute Gasteiger partial charge is 0.459 e. The van der Waals surface area contributed by atoms with Gasteiger partial charge in [0.1, 0.15) is 0 Å². The van der Waals surface area contributed by atoms with Crippen LogP contribution in [0.25, 0.3) is 0 Å². The number of carbonyl (C=O) groups is 1. The number of carbonyl (C=O) groups excluding carboxylic acids is 1. The Morgan fingerprint density at radius 2 is 2.50 bits per heavy atom. The highest BCUT2D eigenvalue weighted by atomic mass is 16.5. The first-order valence-electron chi connectivity index (χ1n) is 4.67. The summed E-state index contributed by atoms with van der Waals surface area (Å²) in [6, 6.07) is 3.31. The first-order chi connectivity index (χ1) is 6.74. The van der Waals surface area contributed by atoms with Crippen molar-refractivity contribution in [2.75, 3.05) is 13.2 Å². The molecular formula is C10H15NO3. The summed E-state index contributed by atoms with van der Waals surface area (Å²) in [5.41, 5.74) is 0. The van der Waals surface area contributed by atoms with Crippen LogP contribution in [0.2, 0.25) is 0 Å². The van der Waals surface area contributed by atoms with Crippen LogP contribution in [0.5, 0.6) is 0 Å². The average molecular weight is 197 g/mol. The smallest absolute Gasteiger partial charge is 0.287 e. The minimum Gasteiger partial charge on any atom is -0.459 e. The molecule has 0 saturated heterocycles. The minimum atomic E-state index is -0.207. The van der Waals surface area contributed by atoms with E-state index in [2.05, 4.69) is 5.32 Å². The summed E-state index contributed by atoms with van der Waals surface area (Å²) in [5.74, 6) is 0.121. The molecule has 0 aliphatic heterocycles. The molecular weight excluding hydrogens is 182 g/mol. The van der Waals surface area contributed by atoms with Gasteiger partial charge in [-0.05, 0) is 26.0 Å². The van der Waals surface area contributed by atoms with E-state index >= 15 is 0 Å². The molecule has 4 nitrogen and oxygen atoms in total. The molecule has 1 aromatic rings. The Morgan fingerprint density at radius 1 is 1.71 bits per heavy atom. The summed E-state index contributed by atoms with van der Waals surface area (Å²) in [5, 5.41) is 2.71. The molecule has 1 unspecified atom stereocenters. The number of hydrogen-bond acceptors (Lipinski definition) is 3. The molecule has 0 radical (unpaired) electrons. The fraction of sp³-hybridized carbons (Fsp3) is 0.500. The third kappa shape index (κ3) is 3.22. The van der Waals surface area contributed by atoms with Gasteiger partial charge in [-0.15, -0.1) is 0 Å². The van der Waals surface area contributed by atoms with Crippen molar-refractivity contribution in [1.82, 2.24) is 5.32 Å². The van der Waals surface area contributed by atoms with Crippen molar-refractivity contribution in [3.63, 3.8) is 0 Å². The molecule has 14 heavy (non-hydrogen) atoms. The topological polar surface area (TPSA) is 51.5 Å². The van der Waals surface area contributed by atoms with Gasteiger partial charge in [0.2, 0.25) is 0 Å². The lowest BCUT2D eigenvalue weighted by molar-refractivity contribution is 0.0685. The second-order valence-electron chi connectivity index (χ2n) is 2.95. The van der Waals surface area contributed by atoms with E-state index in [9.17, 15) is 4.79 Å². The fourth-order valence-corrected chi connectivity index (χ4v) is 1.07. The third-order valence-corrected chi connectivity index (χ3v) is 1.75. The van der Waals surface area contributed by atoms with E-state index in [4.69, 9.17) is 9.15 Å². The summed E-state index contributed by atoms with van der Waals surface area (Å²) in [4.78, 5) is 11.4. The van der Waals surface area contributed by atoms with Crippen LogP contribution in [0.3, 0.4) is 0 Å². The van der Waals surface area contributed by atoms with Crippen LogP contribution in [0.15, 0.2) is 22.8 Å². The summed E-state index contributed by atoms with van der Waals surface area (Å²) < 4.78 is 10.2. The van der Waals surface area contributed by atoms with Gasteiger partial charge in [0.25, 0.3) is 5.91 Å². The van der Waals surface area contributed by atoms with Crippen LogP contribution < -0.4 is 5.32 Å². The SMILES string of the molecule is CCOC(C)CNC(=O)c1ccco1. The van der Waals surface area contributed by atoms with Gasteiger partial charge in [0, 0.05) is 13.2 Å². The van der Waals surface area contributed by atoms with Crippen molar-refractivity contribution in [2.24, 2.45) is 0 Å². The van der Waals surface area contributed by atoms with Crippen molar-refractivity contribution >= 4 is 5.91 Å². The maximum atomic E-state index is 11.4. The summed E-state index contributed by atoms with van der Waals surface area (Å²) in [7, 11) is 0. The molecule has 1 atom stereocenters. The molecule has 1 N–H and O–H groups in total. The molecule has 1 amide bonds. The Hall–Kier alpha value is -1.29. The van der Waals surface area contributed by atoms with Gasteiger partial charge in [-0.2, -0.15) is 0 Å². The van der Waals surface area contributed by atoms with Crippen LogP contribution >= 0.6 is 0 Å². The van der Waals surface area contributed by atoms with Crippen LogP contribution in [-0.2, 0) is 4.74 Å². The zero-order valence-corrected chi connectivity index (χ0v) is 8.45. The lowest BCUT2D eigenvalue weighted by Gasteiger charge is -2.11. The second-order valence-corrected chi connectivity index (χ2v) is 2.95. The van der Waals surface area contributed by atoms with Gasteiger partial charge >= 0.3 is 0 Å². The number of ether oxygens (including phenoxy) is 1. The Morgan fingerprint density at radius 3 is 3.07 bits per heavy atom. The first-order valence-corrected chi connectivity index (χ1v) is 4.67. The normalized spacial score (nSPS) is 12.4. The highest BCUT2D eigenvalue weighted by Crippen LogP contribution is 1.99. The predicted octanol–water partition coefficient (Wildman–Crippen LogP) is 1.43. The molecule has 0 aliphatic rings. The molecule has 1 aromatic heterocycles. The second kappa shape index (κ2) is 5.44. The molecule has 0 aliphatic carbocycles. The molecule has 1 heterocycles. The van der Waals surface area contributed by atoms with Crippen LogP contribution in [0.4, 0.5) is 0 Å². The molecule has 1 rings (SSSR count). The number of furan rings is 1. The molecule has 78 valence electrons. The maximum absolute atomic E-state index is 11.4. The van der Waals surface area contributed by atoms with Crippen molar-refractivity contribution in [2.45, 2.75) is 20.0 Å². The molecule has 0 saturated carbocycles. The zero-order chi connectivity index (χ0) is 10.4. The van der Waals surface area contributed by atoms with E-state index in [1.165, 1.54) is 6.26 Å². The van der Waals surface area contributed by atoms with Gasteiger partial charge in [0.15, 0.2) is 5.76 Å². The molecule has 0 aromatic carbocycles. The highest BCUT2D eigenvalue weighted by molar-refractivity contribution is 5.91. The standard InChI is InChI=1S/C10H15NO3/c1-3-13-8(2)7-11-10(12)9-5-4-6-14-9/h4-6,8H,3,7H2,1-2H3,(H,11,12). The van der Waals surface area contributed by atoms with Gasteiger partial charge in [-0.3, -0.25) is 4.79 Å². The van der Waals surface area contributed by atoms with E-state index in [1.54, 1.807) is 12.1 Å². The van der Waals surface area contributed by atoms with Gasteiger partial charge in [-0.25, -0.2) is 0 Å². The zero-order valence-electron chi connectivity index (χ0n) is 8.45. The van der Waals surface area contributed by atoms with Crippen LogP contribution in [-0.4, -0.2) is 25.2 Å². The van der Waals surface area contributed by atoms with E-state index in [-0.39, 0.29) is 12.0 Å². The fourth-order valence-electron chi connectivity index (χ4n) is 1.07. The van der Waals surface area contributed by atoms with Crippen LogP contribution in [0.1, 0.15) is 24.4 Å². The van der Waals surface area contributed by atoms with E-state index < -0.39 is 0 Å². The maximum Gasteiger partial charge on any atom is 0.287 e. The van der Waals surface area contributed by atoms with Crippen molar-refractivity contribution in [3.8, 4) is 0 Å². The Kier molecular flexibility index (Phi) is 4.19. The first kappa shape index (κ1) is 10.8. The quantitative estimate of drug-likeness (QED) is 0.777. The van der Waals surface area contributed by atoms with Gasteiger partial charge in [0.05, 0.1) is 12.4 Å². The van der Waals surface area contributed by atoms with Crippen LogP contribution in [0, 0.1) is 0 Å². The summed E-state index contributed by atoms with van der Waals surface area (Å²) in [6.45, 7) is 4.97. The number of hydrogen-bond donors (Lipinski definition) is 1. The Balaban J connectivity index is 2.28. The van der Waals surface area contributed by atoms with Crippen molar-refractivity contribution in [1.29, 1.82) is 0 Å². The minimum absolute atomic E-state index is 0.0268. The van der Waals surface area contributed by atoms with E-state index in [0.717, 1.165) is 0 Å². The Labute approximate surface area is 83.2 Å². The average Bonchev–Trinajstić information content (AvgIpc) is 2.67. The van der Waals surface area contributed by atoms with Gasteiger partial charge in [-0.1, -0.05) is 0 Å². The third-order valence-electron chi connectivity index (χ3n) is 1.75. The summed E-state index contributed by atoms with van der Waals surface area (Å²) in [6.07, 6.45) is 1.50. The van der Waals surface area contributed by atoms with E-state index in [1.807, 2.05) is 13.8 Å². The van der Waals surface area contributed by atoms with Crippen molar-refractivity contribution < 1.29 is 13.9 Å². The molecule has 4 heteroatoms. The van der Waals surface area contributed by atoms with Gasteiger partial charge < -0.3 is 14.5 Å². The number of amides is 1. The number of nitrogens with one attached hydrogen (secondary N) is 1. The molecule has 0 bridgehead atoms. The van der Waals surface area contributed by atoms with E-state index in [0.29, 0.717) is 18.9 Å². The highest BCUT2D eigenvalue weighted by Gasteiger charge is 2.09. The lowest BCUT2D eigenvalue weighted by Crippen LogP contribution is -2.31. The Bertz CT molecular complexity index is 269. The molecule has 0 spiro atoms. The molecule has 0 fully saturated rings. The monoisotopic (exact) mass is 197 g/mol. The number of rotatable bonds is 5. The lowest BCUT2D eigenvalue weighted by atomic mass is 10.3. The van der Waals surface area contributed by atoms with Crippen molar-refractivity contribution in [3.05, 3.63) is 24.2 Å². The summed E-state index contributed by atoms with van der Waals surface area (Å²) >= 11 is 0.